The van der Waals surface area contributed by atoms with Crippen LogP contribution in [0.25, 0.3) is 0 Å². The van der Waals surface area contributed by atoms with Crippen molar-refractivity contribution in [2.24, 2.45) is 0 Å². The molecule has 108 valence electrons. The second kappa shape index (κ2) is 7.37. The minimum atomic E-state index is -1.66. The minimum Gasteiger partial charge on any atom is -0.394 e. The van der Waals surface area contributed by atoms with Crippen LogP contribution in [0.15, 0.2) is 24.3 Å². The Bertz CT molecular complexity index is 375. The van der Waals surface area contributed by atoms with E-state index >= 15 is 0 Å². The number of benzene rings is 1. The topological polar surface area (TPSA) is 113 Å². The molecule has 0 heterocycles. The van der Waals surface area contributed by atoms with E-state index < -0.39 is 36.8 Å². The van der Waals surface area contributed by atoms with Crippen LogP contribution in [0.5, 0.6) is 0 Å². The highest BCUT2D eigenvalue weighted by molar-refractivity contribution is 5.42. The molecule has 0 aromatic heterocycles. The molecule has 0 aliphatic carbocycles. The molecule has 19 heavy (non-hydrogen) atoms. The van der Waals surface area contributed by atoms with Gasteiger partial charge in [0, 0.05) is 12.2 Å². The normalized spacial score (nSPS) is 17.6. The summed E-state index contributed by atoms with van der Waals surface area (Å²) >= 11 is 0. The zero-order valence-electron chi connectivity index (χ0n) is 10.1. The molecule has 0 saturated carbocycles. The van der Waals surface area contributed by atoms with Crippen LogP contribution >= 0.6 is 0 Å². The molecular weight excluding hydrogens is 257 g/mol. The van der Waals surface area contributed by atoms with Crippen LogP contribution in [0.3, 0.4) is 0 Å². The highest BCUT2D eigenvalue weighted by Gasteiger charge is 2.29. The summed E-state index contributed by atoms with van der Waals surface area (Å²) in [4.78, 5) is 0. The van der Waals surface area contributed by atoms with E-state index in [1.165, 1.54) is 24.3 Å². The van der Waals surface area contributed by atoms with E-state index in [0.717, 1.165) is 0 Å². The molecule has 4 atom stereocenters. The molecule has 1 aromatic rings. The van der Waals surface area contributed by atoms with Crippen molar-refractivity contribution in [3.05, 3.63) is 30.1 Å². The third-order valence-corrected chi connectivity index (χ3v) is 2.68. The van der Waals surface area contributed by atoms with Crippen LogP contribution in [-0.2, 0) is 0 Å². The first-order valence-electron chi connectivity index (χ1n) is 5.78. The van der Waals surface area contributed by atoms with Gasteiger partial charge >= 0.3 is 0 Å². The highest BCUT2D eigenvalue weighted by Crippen LogP contribution is 2.10. The molecule has 0 radical (unpaired) electrons. The van der Waals surface area contributed by atoms with Gasteiger partial charge in [0.15, 0.2) is 0 Å². The molecule has 0 saturated heterocycles. The fraction of sp³-hybridized carbons (Fsp3) is 0.500. The van der Waals surface area contributed by atoms with Gasteiger partial charge in [-0.25, -0.2) is 4.39 Å². The Morgan fingerprint density at radius 1 is 0.947 bits per heavy atom. The number of aliphatic hydroxyl groups excluding tert-OH is 5. The zero-order chi connectivity index (χ0) is 14.4. The van der Waals surface area contributed by atoms with Crippen molar-refractivity contribution < 1.29 is 29.9 Å². The molecule has 0 fully saturated rings. The molecule has 7 heteroatoms. The number of anilines is 1. The first-order chi connectivity index (χ1) is 8.95. The lowest BCUT2D eigenvalue weighted by Gasteiger charge is -2.25. The maximum atomic E-state index is 12.6. The van der Waals surface area contributed by atoms with Gasteiger partial charge in [-0.15, -0.1) is 0 Å². The summed E-state index contributed by atoms with van der Waals surface area (Å²) < 4.78 is 12.6. The van der Waals surface area contributed by atoms with Gasteiger partial charge in [0.2, 0.25) is 0 Å². The fourth-order valence-corrected chi connectivity index (χ4v) is 1.47. The molecule has 6 N–H and O–H groups in total. The maximum absolute atomic E-state index is 12.6. The van der Waals surface area contributed by atoms with Gasteiger partial charge in [-0.2, -0.15) is 0 Å². The summed E-state index contributed by atoms with van der Waals surface area (Å²) in [7, 11) is 0. The summed E-state index contributed by atoms with van der Waals surface area (Å²) in [5.41, 5.74) is 0.532. The third-order valence-electron chi connectivity index (χ3n) is 2.68. The number of rotatable bonds is 7. The van der Waals surface area contributed by atoms with Gasteiger partial charge in [-0.05, 0) is 24.3 Å². The quantitative estimate of drug-likeness (QED) is 0.368. The molecule has 0 spiro atoms. The van der Waals surface area contributed by atoms with Crippen molar-refractivity contribution in [2.45, 2.75) is 24.4 Å². The lowest BCUT2D eigenvalue weighted by Crippen LogP contribution is -2.47. The molecule has 0 bridgehead atoms. The maximum Gasteiger partial charge on any atom is 0.123 e. The predicted molar refractivity (Wildman–Crippen MR) is 66.0 cm³/mol. The summed E-state index contributed by atoms with van der Waals surface area (Å²) in [5, 5.41) is 49.0. The SMILES string of the molecule is OCC(O)[C@@H](O)[C@H](O)[C@@H](O)CNc1ccc(F)cc1. The molecule has 0 aliphatic heterocycles. The molecule has 1 aromatic carbocycles. The van der Waals surface area contributed by atoms with Gasteiger partial charge in [-0.3, -0.25) is 0 Å². The second-order valence-electron chi connectivity index (χ2n) is 4.19. The summed E-state index contributed by atoms with van der Waals surface area (Å²) in [6.45, 7) is -0.835. The van der Waals surface area contributed by atoms with Gasteiger partial charge in [0.1, 0.15) is 24.1 Å². The molecule has 1 unspecified atom stereocenters. The Kier molecular flexibility index (Phi) is 6.13. The number of hydrogen-bond donors (Lipinski definition) is 6. The number of aliphatic hydroxyl groups is 5. The smallest absolute Gasteiger partial charge is 0.123 e. The van der Waals surface area contributed by atoms with Crippen molar-refractivity contribution in [1.29, 1.82) is 0 Å². The summed E-state index contributed by atoms with van der Waals surface area (Å²) in [6, 6.07) is 5.37. The Hall–Kier alpha value is -1.25. The van der Waals surface area contributed by atoms with Gasteiger partial charge in [-0.1, -0.05) is 0 Å². The van der Waals surface area contributed by atoms with E-state index in [0.29, 0.717) is 5.69 Å². The molecule has 0 aliphatic rings. The van der Waals surface area contributed by atoms with E-state index in [4.69, 9.17) is 10.2 Å². The lowest BCUT2D eigenvalue weighted by molar-refractivity contribution is -0.111. The van der Waals surface area contributed by atoms with Crippen LogP contribution in [0.4, 0.5) is 10.1 Å². The molecule has 1 rings (SSSR count). The van der Waals surface area contributed by atoms with E-state index in [2.05, 4.69) is 5.32 Å². The largest absolute Gasteiger partial charge is 0.394 e. The molecule has 0 amide bonds. The molecular formula is C12H18FNO5. The Morgan fingerprint density at radius 3 is 2.00 bits per heavy atom. The van der Waals surface area contributed by atoms with Crippen LogP contribution in [0.2, 0.25) is 0 Å². The Balaban J connectivity index is 2.46. The first kappa shape index (κ1) is 15.8. The van der Waals surface area contributed by atoms with Crippen molar-refractivity contribution in [1.82, 2.24) is 0 Å². The first-order valence-corrected chi connectivity index (χ1v) is 5.78. The van der Waals surface area contributed by atoms with Crippen LogP contribution < -0.4 is 5.32 Å². The average molecular weight is 275 g/mol. The van der Waals surface area contributed by atoms with E-state index in [-0.39, 0.29) is 6.54 Å². The minimum absolute atomic E-state index is 0.109. The van der Waals surface area contributed by atoms with Crippen molar-refractivity contribution in [2.75, 3.05) is 18.5 Å². The predicted octanol–water partition coefficient (Wildman–Crippen LogP) is -1.33. The van der Waals surface area contributed by atoms with Crippen LogP contribution in [-0.4, -0.2) is 63.1 Å². The highest BCUT2D eigenvalue weighted by atomic mass is 19.1. The standard InChI is InChI=1S/C12H18FNO5/c13-7-1-3-8(4-2-7)14-5-9(16)11(18)12(19)10(17)6-15/h1-4,9-12,14-19H,5-6H2/t9-,10?,11+,12+/m0/s1. The van der Waals surface area contributed by atoms with Gasteiger partial charge < -0.3 is 30.8 Å². The Morgan fingerprint density at radius 2 is 1.47 bits per heavy atom. The van der Waals surface area contributed by atoms with Gasteiger partial charge in [0.25, 0.3) is 0 Å². The fourth-order valence-electron chi connectivity index (χ4n) is 1.47. The van der Waals surface area contributed by atoms with E-state index in [1.807, 2.05) is 0 Å². The van der Waals surface area contributed by atoms with Crippen molar-refractivity contribution in [3.63, 3.8) is 0 Å². The second-order valence-corrected chi connectivity index (χ2v) is 4.19. The van der Waals surface area contributed by atoms with E-state index in [9.17, 15) is 19.7 Å². The van der Waals surface area contributed by atoms with Crippen LogP contribution in [0, 0.1) is 5.82 Å². The van der Waals surface area contributed by atoms with E-state index in [1.54, 1.807) is 0 Å². The van der Waals surface area contributed by atoms with Gasteiger partial charge in [0.05, 0.1) is 12.7 Å². The van der Waals surface area contributed by atoms with Crippen LogP contribution in [0.1, 0.15) is 0 Å². The zero-order valence-corrected chi connectivity index (χ0v) is 10.1. The number of hydrogen-bond acceptors (Lipinski definition) is 6. The van der Waals surface area contributed by atoms with Crippen molar-refractivity contribution in [3.8, 4) is 0 Å². The average Bonchev–Trinajstić information content (AvgIpc) is 2.43. The third kappa shape index (κ3) is 4.73. The summed E-state index contributed by atoms with van der Waals surface area (Å²) in [5.74, 6) is -0.396. The molecule has 6 nitrogen and oxygen atoms in total. The lowest BCUT2D eigenvalue weighted by atomic mass is 10.0. The van der Waals surface area contributed by atoms with Crippen molar-refractivity contribution >= 4 is 5.69 Å². The number of nitrogens with one attached hydrogen (secondary N) is 1. The Labute approximate surface area is 109 Å². The summed E-state index contributed by atoms with van der Waals surface area (Å²) in [6.07, 6.45) is -6.16. The number of halogens is 1. The monoisotopic (exact) mass is 275 g/mol.